The molecule has 0 saturated carbocycles. The normalized spacial score (nSPS) is 18.4. The molecule has 0 nitrogen and oxygen atoms in total. The molecule has 0 bridgehead atoms. The molecule has 57 heavy (non-hydrogen) atoms. The zero-order valence-electron chi connectivity index (χ0n) is 36.8. The third-order valence-corrected chi connectivity index (χ3v) is 21.8. The summed E-state index contributed by atoms with van der Waals surface area (Å²) in [5, 5.41) is 0. The van der Waals surface area contributed by atoms with Gasteiger partial charge in [-0.3, -0.25) is 0 Å². The quantitative estimate of drug-likeness (QED) is 0.194. The third-order valence-electron chi connectivity index (χ3n) is 13.1. The van der Waals surface area contributed by atoms with Crippen LogP contribution in [-0.4, -0.2) is 3.21 Å². The summed E-state index contributed by atoms with van der Waals surface area (Å²) in [7, 11) is 0. The maximum atomic E-state index is 2.70. The predicted molar refractivity (Wildman–Crippen MR) is 236 cm³/mol. The number of halogens is 2. The van der Waals surface area contributed by atoms with Crippen molar-refractivity contribution in [1.29, 1.82) is 0 Å². The summed E-state index contributed by atoms with van der Waals surface area (Å²) >= 11 is -3.05. The Morgan fingerprint density at radius 1 is 0.561 bits per heavy atom. The van der Waals surface area contributed by atoms with Crippen LogP contribution in [0.2, 0.25) is 0 Å². The molecule has 296 valence electrons. The molecule has 0 spiro atoms. The van der Waals surface area contributed by atoms with Crippen LogP contribution in [0.5, 0.6) is 0 Å². The van der Waals surface area contributed by atoms with Crippen LogP contribution in [-0.2, 0) is 42.9 Å². The van der Waals surface area contributed by atoms with Crippen LogP contribution in [0.25, 0.3) is 23.3 Å². The van der Waals surface area contributed by atoms with Gasteiger partial charge < -0.3 is 24.8 Å². The van der Waals surface area contributed by atoms with Gasteiger partial charge in [0.2, 0.25) is 0 Å². The number of hydrogen-bond acceptors (Lipinski definition) is 0. The topological polar surface area (TPSA) is 0 Å². The Labute approximate surface area is 365 Å². The first-order valence-corrected chi connectivity index (χ1v) is 24.6. The summed E-state index contributed by atoms with van der Waals surface area (Å²) in [4.78, 5) is 0. The maximum Gasteiger partial charge on any atom is -1.00 e. The van der Waals surface area contributed by atoms with E-state index in [1.807, 2.05) is 0 Å². The Bertz CT molecular complexity index is 2260. The minimum Gasteiger partial charge on any atom is -1.00 e. The summed E-state index contributed by atoms with van der Waals surface area (Å²) in [5.41, 5.74) is 19.2. The molecule has 0 heterocycles. The summed E-state index contributed by atoms with van der Waals surface area (Å²) in [5.74, 6) is 0.397. The van der Waals surface area contributed by atoms with Crippen LogP contribution in [0.1, 0.15) is 156 Å². The predicted octanol–water partition coefficient (Wildman–Crippen LogP) is 8.36. The monoisotopic (exact) mass is 870 g/mol. The molecule has 4 aliphatic carbocycles. The SMILES string of the molecule is CC1C=C(C(C)(C)C)C=[C]1[Zr+2](=[C](c1ccc(C(C)(C)C)cc1)c1ccc(C(C)(C)C)cc1)[CH]1c2cc3c(cc2-c2cc4c(cc21)C(C)(C)C=C4)C=CC3(C)C.[Cl-].[Cl-]. The van der Waals surface area contributed by atoms with Crippen molar-refractivity contribution >= 4 is 15.4 Å². The van der Waals surface area contributed by atoms with E-state index in [1.54, 1.807) is 17.6 Å². The average molecular weight is 873 g/mol. The molecule has 0 amide bonds. The van der Waals surface area contributed by atoms with Gasteiger partial charge in [0.25, 0.3) is 0 Å². The second-order valence-corrected chi connectivity index (χ2v) is 27.4. The van der Waals surface area contributed by atoms with Gasteiger partial charge in [0.15, 0.2) is 0 Å². The fourth-order valence-electron chi connectivity index (χ4n) is 9.56. The summed E-state index contributed by atoms with van der Waals surface area (Å²) < 4.78 is 3.70. The number of benzene rings is 4. The Morgan fingerprint density at radius 2 is 0.965 bits per heavy atom. The Morgan fingerprint density at radius 3 is 1.32 bits per heavy atom. The van der Waals surface area contributed by atoms with Crippen LogP contribution in [0.4, 0.5) is 0 Å². The van der Waals surface area contributed by atoms with E-state index in [0.29, 0.717) is 9.54 Å². The molecule has 0 aromatic heterocycles. The van der Waals surface area contributed by atoms with Crippen molar-refractivity contribution in [2.75, 3.05) is 0 Å². The van der Waals surface area contributed by atoms with Gasteiger partial charge in [-0.1, -0.05) is 0 Å². The second-order valence-electron chi connectivity index (χ2n) is 21.3. The van der Waals surface area contributed by atoms with Crippen molar-refractivity contribution in [1.82, 2.24) is 0 Å². The van der Waals surface area contributed by atoms with Crippen LogP contribution in [0.15, 0.2) is 106 Å². The summed E-state index contributed by atoms with van der Waals surface area (Å²) in [6.07, 6.45) is 14.9. The molecule has 0 aliphatic heterocycles. The zero-order chi connectivity index (χ0) is 39.6. The van der Waals surface area contributed by atoms with E-state index in [0.717, 1.165) is 0 Å². The zero-order valence-corrected chi connectivity index (χ0v) is 40.8. The van der Waals surface area contributed by atoms with E-state index in [2.05, 4.69) is 206 Å². The first-order valence-electron chi connectivity index (χ1n) is 20.7. The van der Waals surface area contributed by atoms with Crippen molar-refractivity contribution in [3.63, 3.8) is 0 Å². The fraction of sp³-hybridized carbons (Fsp3) is 0.389. The van der Waals surface area contributed by atoms with Crippen LogP contribution >= 0.6 is 0 Å². The number of rotatable bonds is 4. The number of allylic oxidation sites excluding steroid dienone is 6. The number of fused-ring (bicyclic) bond motifs is 5. The van der Waals surface area contributed by atoms with Crippen molar-refractivity contribution in [3.05, 3.63) is 162 Å². The van der Waals surface area contributed by atoms with Crippen molar-refractivity contribution in [2.24, 2.45) is 11.3 Å². The van der Waals surface area contributed by atoms with Gasteiger partial charge in [0, 0.05) is 0 Å². The first-order chi connectivity index (χ1) is 25.5. The standard InChI is InChI=1S/C23H21.C21H26.C10H15.2ClH.Zr/c1-22(2)7-5-14-10-18-16(12-20(14)22)9-17-13-21-15(11-19(17)18)6-8-23(21,3)4;1-20(2,3)18-11-7-16(8-12-18)15-17-9-13-19(14-10-17)21(4,5)6;1-8-5-6-9(7-8)10(2,3)4;;;/h5-13H,1-4H3;7-14H,1-6H3;6-8H,1-4H3;2*1H;/q;;;;;+2/p-2. The molecule has 0 radical (unpaired) electrons. The molecule has 0 saturated heterocycles. The minimum absolute atomic E-state index is 0. The minimum atomic E-state index is -3.05. The van der Waals surface area contributed by atoms with Gasteiger partial charge in [-0.2, -0.15) is 0 Å². The fourth-order valence-corrected chi connectivity index (χ4v) is 19.0. The summed E-state index contributed by atoms with van der Waals surface area (Å²) in [6, 6.07) is 30.1. The molecule has 0 N–H and O–H groups in total. The Balaban J connectivity index is 0.00000275. The molecule has 1 unspecified atom stereocenters. The average Bonchev–Trinajstić information content (AvgIpc) is 3.81. The Kier molecular flexibility index (Phi) is 11.3. The molecule has 4 aromatic rings. The van der Waals surface area contributed by atoms with Crippen LogP contribution in [0.3, 0.4) is 0 Å². The molecular weight excluding hydrogens is 811 g/mol. The van der Waals surface area contributed by atoms with E-state index in [9.17, 15) is 0 Å². The van der Waals surface area contributed by atoms with Gasteiger partial charge in [0.1, 0.15) is 0 Å². The number of hydrogen-bond donors (Lipinski definition) is 0. The van der Waals surface area contributed by atoms with E-state index in [-0.39, 0.29) is 51.9 Å². The van der Waals surface area contributed by atoms with E-state index in [4.69, 9.17) is 0 Å². The van der Waals surface area contributed by atoms with E-state index in [1.165, 1.54) is 61.2 Å². The first kappa shape index (κ1) is 43.7. The second kappa shape index (κ2) is 14.7. The molecule has 8 rings (SSSR count). The molecule has 1 atom stereocenters. The molecule has 3 heteroatoms. The summed E-state index contributed by atoms with van der Waals surface area (Å²) in [6.45, 7) is 33.3. The third kappa shape index (κ3) is 7.62. The Hall–Kier alpha value is -2.83. The smallest absolute Gasteiger partial charge is 1.00 e. The largest absolute Gasteiger partial charge is 1.00 e. The van der Waals surface area contributed by atoms with Gasteiger partial charge in [0.05, 0.1) is 0 Å². The van der Waals surface area contributed by atoms with Gasteiger partial charge in [-0.15, -0.1) is 0 Å². The van der Waals surface area contributed by atoms with Gasteiger partial charge in [-0.05, 0) is 0 Å². The molecule has 4 aliphatic rings. The van der Waals surface area contributed by atoms with Crippen molar-refractivity contribution in [2.45, 2.75) is 122 Å². The van der Waals surface area contributed by atoms with E-state index >= 15 is 0 Å². The van der Waals surface area contributed by atoms with Crippen LogP contribution < -0.4 is 24.8 Å². The van der Waals surface area contributed by atoms with Gasteiger partial charge >= 0.3 is 343 Å². The van der Waals surface area contributed by atoms with Crippen molar-refractivity contribution < 1.29 is 46.1 Å². The van der Waals surface area contributed by atoms with E-state index < -0.39 is 21.3 Å². The van der Waals surface area contributed by atoms with Crippen LogP contribution in [0, 0.1) is 11.3 Å². The molecule has 0 fully saturated rings. The van der Waals surface area contributed by atoms with Gasteiger partial charge in [-0.25, -0.2) is 0 Å². The molecular formula is C54H62Cl2Zr. The molecule has 4 aromatic carbocycles. The van der Waals surface area contributed by atoms with Crippen molar-refractivity contribution in [3.8, 4) is 11.1 Å². The maximum absolute atomic E-state index is 3.05.